The molecule has 1 N–H and O–H groups in total. The largest absolute Gasteiger partial charge is 0.494 e. The Bertz CT molecular complexity index is 935. The van der Waals surface area contributed by atoms with Crippen LogP contribution in [0.2, 0.25) is 0 Å². The Morgan fingerprint density at radius 2 is 2.24 bits per heavy atom. The second-order valence-corrected chi connectivity index (χ2v) is 7.43. The predicted octanol–water partition coefficient (Wildman–Crippen LogP) is 3.12. The van der Waals surface area contributed by atoms with Crippen molar-refractivity contribution in [2.24, 2.45) is 5.92 Å². The van der Waals surface area contributed by atoms with E-state index in [0.29, 0.717) is 18.0 Å². The Kier molecular flexibility index (Phi) is 5.95. The van der Waals surface area contributed by atoms with Gasteiger partial charge in [0.1, 0.15) is 17.7 Å². The molecule has 3 heterocycles. The summed E-state index contributed by atoms with van der Waals surface area (Å²) in [6.45, 7) is 3.56. The van der Waals surface area contributed by atoms with Gasteiger partial charge in [-0.1, -0.05) is 12.1 Å². The molecule has 3 aromatic rings. The first kappa shape index (κ1) is 19.3. The summed E-state index contributed by atoms with van der Waals surface area (Å²) in [7, 11) is 1.67. The molecule has 4 rings (SSSR count). The van der Waals surface area contributed by atoms with Crippen LogP contribution in [0.3, 0.4) is 0 Å². The molecule has 29 heavy (non-hydrogen) atoms. The summed E-state index contributed by atoms with van der Waals surface area (Å²) < 4.78 is 12.3. The van der Waals surface area contributed by atoms with Gasteiger partial charge >= 0.3 is 0 Å². The van der Waals surface area contributed by atoms with Gasteiger partial charge in [0.2, 0.25) is 0 Å². The first-order valence-corrected chi connectivity index (χ1v) is 9.92. The summed E-state index contributed by atoms with van der Waals surface area (Å²) >= 11 is 0. The molecule has 1 saturated heterocycles. The number of likely N-dealkylation sites (tertiary alicyclic amines) is 1. The van der Waals surface area contributed by atoms with Crippen LogP contribution in [0.25, 0.3) is 5.69 Å². The average molecular weight is 394 g/mol. The standard InChI is InChI=1S/C22H26N4O3/c1-28-21-7-3-2-6-20(21)26-15-18(12-24-26)14-25-9-4-5-17(13-25)11-23-22(27)19-8-10-29-16-19/h2-3,6-8,10,12,15-17H,4-5,9,11,13-14H2,1H3,(H,23,27). The summed E-state index contributed by atoms with van der Waals surface area (Å²) in [6.07, 6.45) is 9.22. The number of ether oxygens (including phenoxy) is 1. The van der Waals surface area contributed by atoms with Crippen LogP contribution in [0.15, 0.2) is 59.7 Å². The van der Waals surface area contributed by atoms with Gasteiger partial charge in [0.25, 0.3) is 5.91 Å². The molecule has 152 valence electrons. The molecule has 1 aliphatic rings. The van der Waals surface area contributed by atoms with E-state index in [2.05, 4.69) is 21.5 Å². The number of para-hydroxylation sites is 2. The van der Waals surface area contributed by atoms with Gasteiger partial charge in [-0.25, -0.2) is 4.68 Å². The number of carbonyl (C=O) groups is 1. The smallest absolute Gasteiger partial charge is 0.254 e. The number of benzene rings is 1. The van der Waals surface area contributed by atoms with Gasteiger partial charge in [-0.3, -0.25) is 9.69 Å². The summed E-state index contributed by atoms with van der Waals surface area (Å²) in [6, 6.07) is 9.54. The fourth-order valence-electron chi connectivity index (χ4n) is 3.85. The van der Waals surface area contributed by atoms with E-state index in [4.69, 9.17) is 9.15 Å². The zero-order valence-corrected chi connectivity index (χ0v) is 16.6. The quantitative estimate of drug-likeness (QED) is 0.667. The van der Waals surface area contributed by atoms with Crippen molar-refractivity contribution in [3.05, 3.63) is 66.4 Å². The maximum Gasteiger partial charge on any atom is 0.254 e. The third-order valence-corrected chi connectivity index (χ3v) is 5.31. The minimum atomic E-state index is -0.0750. The first-order chi connectivity index (χ1) is 14.2. The lowest BCUT2D eigenvalue weighted by Crippen LogP contribution is -2.40. The van der Waals surface area contributed by atoms with Gasteiger partial charge in [-0.15, -0.1) is 0 Å². The maximum absolute atomic E-state index is 12.1. The van der Waals surface area contributed by atoms with Crippen molar-refractivity contribution in [1.82, 2.24) is 20.0 Å². The molecule has 7 nitrogen and oxygen atoms in total. The Morgan fingerprint density at radius 1 is 1.34 bits per heavy atom. The van der Waals surface area contributed by atoms with E-state index in [1.165, 1.54) is 18.1 Å². The van der Waals surface area contributed by atoms with E-state index in [9.17, 15) is 4.79 Å². The third kappa shape index (κ3) is 4.68. The minimum absolute atomic E-state index is 0.0750. The number of carbonyl (C=O) groups excluding carboxylic acids is 1. The van der Waals surface area contributed by atoms with E-state index in [1.54, 1.807) is 13.2 Å². The monoisotopic (exact) mass is 394 g/mol. The van der Waals surface area contributed by atoms with Crippen LogP contribution in [0, 0.1) is 5.92 Å². The normalized spacial score (nSPS) is 17.2. The Morgan fingerprint density at radius 3 is 3.07 bits per heavy atom. The topological polar surface area (TPSA) is 72.5 Å². The number of hydrogen-bond donors (Lipinski definition) is 1. The second kappa shape index (κ2) is 8.96. The Labute approximate surface area is 170 Å². The first-order valence-electron chi connectivity index (χ1n) is 9.92. The van der Waals surface area contributed by atoms with E-state index < -0.39 is 0 Å². The van der Waals surface area contributed by atoms with Crippen LogP contribution in [-0.2, 0) is 6.54 Å². The van der Waals surface area contributed by atoms with E-state index >= 15 is 0 Å². The van der Waals surface area contributed by atoms with Crippen molar-refractivity contribution in [3.63, 3.8) is 0 Å². The molecule has 0 spiro atoms. The number of nitrogens with one attached hydrogen (secondary N) is 1. The van der Waals surface area contributed by atoms with Gasteiger partial charge < -0.3 is 14.5 Å². The average Bonchev–Trinajstić information content (AvgIpc) is 3.45. The lowest BCUT2D eigenvalue weighted by atomic mass is 9.97. The number of hydrogen-bond acceptors (Lipinski definition) is 5. The van der Waals surface area contributed by atoms with Crippen molar-refractivity contribution in [1.29, 1.82) is 0 Å². The van der Waals surface area contributed by atoms with Crippen LogP contribution in [0.5, 0.6) is 5.75 Å². The summed E-state index contributed by atoms with van der Waals surface area (Å²) in [4.78, 5) is 14.5. The Balaban J connectivity index is 1.33. The lowest BCUT2D eigenvalue weighted by molar-refractivity contribution is 0.0930. The molecule has 1 fully saturated rings. The van der Waals surface area contributed by atoms with Gasteiger partial charge in [0.05, 0.1) is 25.1 Å². The van der Waals surface area contributed by atoms with Gasteiger partial charge in [0.15, 0.2) is 0 Å². The van der Waals surface area contributed by atoms with E-state index in [0.717, 1.165) is 43.9 Å². The molecule has 7 heteroatoms. The van der Waals surface area contributed by atoms with Gasteiger partial charge in [0, 0.05) is 31.4 Å². The number of furan rings is 1. The molecule has 1 aromatic carbocycles. The van der Waals surface area contributed by atoms with E-state index in [-0.39, 0.29) is 5.91 Å². The van der Waals surface area contributed by atoms with Crippen LogP contribution in [-0.4, -0.2) is 47.3 Å². The van der Waals surface area contributed by atoms with Crippen molar-refractivity contribution >= 4 is 5.91 Å². The minimum Gasteiger partial charge on any atom is -0.494 e. The molecular weight excluding hydrogens is 368 g/mol. The molecule has 0 aliphatic carbocycles. The highest BCUT2D eigenvalue weighted by Crippen LogP contribution is 2.23. The number of piperidine rings is 1. The molecule has 0 radical (unpaired) electrons. The van der Waals surface area contributed by atoms with Crippen LogP contribution < -0.4 is 10.1 Å². The number of amides is 1. The van der Waals surface area contributed by atoms with Crippen LogP contribution in [0.1, 0.15) is 28.8 Å². The SMILES string of the molecule is COc1ccccc1-n1cc(CN2CCCC(CNC(=O)c3ccoc3)C2)cn1. The fourth-order valence-corrected chi connectivity index (χ4v) is 3.85. The summed E-state index contributed by atoms with van der Waals surface area (Å²) in [5.74, 6) is 1.17. The summed E-state index contributed by atoms with van der Waals surface area (Å²) in [5, 5.41) is 7.53. The van der Waals surface area contributed by atoms with Gasteiger partial charge in [-0.05, 0) is 43.5 Å². The zero-order chi connectivity index (χ0) is 20.1. The third-order valence-electron chi connectivity index (χ3n) is 5.31. The number of nitrogens with zero attached hydrogens (tertiary/aromatic N) is 3. The summed E-state index contributed by atoms with van der Waals surface area (Å²) in [5.41, 5.74) is 2.67. The molecule has 1 unspecified atom stereocenters. The van der Waals surface area contributed by atoms with Gasteiger partial charge in [-0.2, -0.15) is 5.10 Å². The van der Waals surface area contributed by atoms with Crippen molar-refractivity contribution in [2.45, 2.75) is 19.4 Å². The van der Waals surface area contributed by atoms with E-state index in [1.807, 2.05) is 35.1 Å². The molecule has 0 bridgehead atoms. The molecule has 2 aromatic heterocycles. The molecule has 0 saturated carbocycles. The fraction of sp³-hybridized carbons (Fsp3) is 0.364. The highest BCUT2D eigenvalue weighted by Gasteiger charge is 2.21. The lowest BCUT2D eigenvalue weighted by Gasteiger charge is -2.32. The number of rotatable bonds is 7. The maximum atomic E-state index is 12.1. The second-order valence-electron chi connectivity index (χ2n) is 7.43. The van der Waals surface area contributed by atoms with Crippen molar-refractivity contribution < 1.29 is 13.9 Å². The molecule has 1 atom stereocenters. The number of methoxy groups -OCH3 is 1. The predicted molar refractivity (Wildman–Crippen MR) is 109 cm³/mol. The van der Waals surface area contributed by atoms with Crippen molar-refractivity contribution in [2.75, 3.05) is 26.7 Å². The highest BCUT2D eigenvalue weighted by molar-refractivity contribution is 5.93. The Hall–Kier alpha value is -3.06. The number of aromatic nitrogens is 2. The van der Waals surface area contributed by atoms with Crippen LogP contribution >= 0.6 is 0 Å². The molecule has 1 aliphatic heterocycles. The molecular formula is C22H26N4O3. The zero-order valence-electron chi connectivity index (χ0n) is 16.6. The molecule has 1 amide bonds. The van der Waals surface area contributed by atoms with Crippen molar-refractivity contribution in [3.8, 4) is 11.4 Å². The van der Waals surface area contributed by atoms with Crippen LogP contribution in [0.4, 0.5) is 0 Å². The highest BCUT2D eigenvalue weighted by atomic mass is 16.5.